The summed E-state index contributed by atoms with van der Waals surface area (Å²) in [6, 6.07) is 9.61. The molecule has 2 heteroatoms. The van der Waals surface area contributed by atoms with Crippen LogP contribution in [0.4, 0.5) is 4.39 Å². The molecule has 0 amide bonds. The zero-order valence-corrected chi connectivity index (χ0v) is 17.7. The second-order valence-corrected chi connectivity index (χ2v) is 8.61. The van der Waals surface area contributed by atoms with Crippen molar-refractivity contribution in [1.29, 1.82) is 0 Å². The van der Waals surface area contributed by atoms with Crippen LogP contribution in [0, 0.1) is 17.8 Å². The predicted octanol–water partition coefficient (Wildman–Crippen LogP) is 7.99. The van der Waals surface area contributed by atoms with Gasteiger partial charge in [-0.1, -0.05) is 89.8 Å². The van der Waals surface area contributed by atoms with Gasteiger partial charge in [0.2, 0.25) is 0 Å². The molecule has 1 aromatic carbocycles. The van der Waals surface area contributed by atoms with Gasteiger partial charge >= 0.3 is 0 Å². The van der Waals surface area contributed by atoms with Gasteiger partial charge in [-0.15, -0.1) is 0 Å². The fraction of sp³-hybridized carbons (Fsp3) is 0.760. The van der Waals surface area contributed by atoms with Crippen LogP contribution < -0.4 is 4.74 Å². The number of rotatable bonds is 13. The normalized spacial score (nSPS) is 22.3. The molecule has 0 radical (unpaired) electrons. The van der Waals surface area contributed by atoms with Gasteiger partial charge in [0.1, 0.15) is 18.5 Å². The second kappa shape index (κ2) is 13.2. The van der Waals surface area contributed by atoms with Crippen LogP contribution in [0.15, 0.2) is 30.3 Å². The van der Waals surface area contributed by atoms with Gasteiger partial charge in [-0.2, -0.15) is 0 Å². The van der Waals surface area contributed by atoms with Gasteiger partial charge in [-0.25, -0.2) is 4.39 Å². The summed E-state index contributed by atoms with van der Waals surface area (Å²) in [5.41, 5.74) is 0. The lowest BCUT2D eigenvalue weighted by Crippen LogP contribution is -2.26. The molecule has 0 heterocycles. The van der Waals surface area contributed by atoms with E-state index in [2.05, 4.69) is 13.8 Å². The van der Waals surface area contributed by atoms with E-state index >= 15 is 0 Å². The third-order valence-electron chi connectivity index (χ3n) is 6.53. The smallest absolute Gasteiger partial charge is 0.134 e. The number of unbranched alkanes of at least 4 members (excludes halogenated alkanes) is 4. The van der Waals surface area contributed by atoms with Crippen molar-refractivity contribution in [1.82, 2.24) is 0 Å². The minimum atomic E-state index is -0.855. The standard InChI is InChI=1S/C25H41FO/c1-3-5-6-7-9-12-21-15-17-23(18-16-21)22(4-2)19-24(26)20-27-25-13-10-8-11-14-25/h8,10-11,13-14,21-24H,3-7,9,12,15-20H2,1-2H3/t21-,22?,23-,24?. The summed E-state index contributed by atoms with van der Waals surface area (Å²) < 4.78 is 20.1. The number of ether oxygens (including phenoxy) is 1. The minimum Gasteiger partial charge on any atom is -0.491 e. The summed E-state index contributed by atoms with van der Waals surface area (Å²) in [5, 5.41) is 0. The molecule has 0 bridgehead atoms. The van der Waals surface area contributed by atoms with Crippen LogP contribution in [0.5, 0.6) is 5.75 Å². The molecule has 1 aliphatic carbocycles. The maximum Gasteiger partial charge on any atom is 0.134 e. The molecule has 0 aliphatic heterocycles. The highest BCUT2D eigenvalue weighted by molar-refractivity contribution is 5.20. The first-order chi connectivity index (χ1) is 13.2. The molecule has 1 saturated carbocycles. The maximum absolute atomic E-state index is 14.5. The minimum absolute atomic E-state index is 0.188. The van der Waals surface area contributed by atoms with Gasteiger partial charge in [0.15, 0.2) is 0 Å². The molecule has 154 valence electrons. The van der Waals surface area contributed by atoms with Crippen LogP contribution >= 0.6 is 0 Å². The Labute approximate surface area is 167 Å². The summed E-state index contributed by atoms with van der Waals surface area (Å²) >= 11 is 0. The Kier molecular flexibility index (Phi) is 10.9. The highest BCUT2D eigenvalue weighted by Gasteiger charge is 2.28. The Morgan fingerprint density at radius 2 is 1.67 bits per heavy atom. The molecule has 1 fully saturated rings. The lowest BCUT2D eigenvalue weighted by molar-refractivity contribution is 0.122. The number of para-hydroxylation sites is 1. The van der Waals surface area contributed by atoms with Crippen LogP contribution in [0.3, 0.4) is 0 Å². The second-order valence-electron chi connectivity index (χ2n) is 8.61. The van der Waals surface area contributed by atoms with Gasteiger partial charge in [0, 0.05) is 0 Å². The Balaban J connectivity index is 1.64. The van der Waals surface area contributed by atoms with Gasteiger partial charge in [-0.3, -0.25) is 0 Å². The number of halogens is 1. The largest absolute Gasteiger partial charge is 0.491 e. The fourth-order valence-electron chi connectivity index (χ4n) is 4.78. The highest BCUT2D eigenvalue weighted by atomic mass is 19.1. The summed E-state index contributed by atoms with van der Waals surface area (Å²) in [7, 11) is 0. The average Bonchev–Trinajstić information content (AvgIpc) is 2.71. The molecule has 2 atom stereocenters. The Morgan fingerprint density at radius 3 is 2.33 bits per heavy atom. The van der Waals surface area contributed by atoms with E-state index in [1.165, 1.54) is 64.2 Å². The van der Waals surface area contributed by atoms with Crippen molar-refractivity contribution >= 4 is 0 Å². The average molecular weight is 377 g/mol. The molecule has 0 saturated heterocycles. The summed E-state index contributed by atoms with van der Waals surface area (Å²) in [6.45, 7) is 4.70. The predicted molar refractivity (Wildman–Crippen MR) is 114 cm³/mol. The van der Waals surface area contributed by atoms with E-state index in [1.54, 1.807) is 0 Å². The zero-order valence-electron chi connectivity index (χ0n) is 17.7. The maximum atomic E-state index is 14.5. The first kappa shape index (κ1) is 22.2. The van der Waals surface area contributed by atoms with Crippen molar-refractivity contribution in [3.8, 4) is 5.75 Å². The Morgan fingerprint density at radius 1 is 0.963 bits per heavy atom. The van der Waals surface area contributed by atoms with E-state index in [0.717, 1.165) is 24.0 Å². The van der Waals surface area contributed by atoms with E-state index in [-0.39, 0.29) is 6.61 Å². The fourth-order valence-corrected chi connectivity index (χ4v) is 4.78. The zero-order chi connectivity index (χ0) is 19.3. The van der Waals surface area contributed by atoms with E-state index in [4.69, 9.17) is 4.74 Å². The highest BCUT2D eigenvalue weighted by Crippen LogP contribution is 2.38. The first-order valence-electron chi connectivity index (χ1n) is 11.5. The SMILES string of the molecule is CCCCCCC[C@H]1CC[C@H](C(CC)CC(F)COc2ccccc2)CC1. The van der Waals surface area contributed by atoms with Crippen molar-refractivity contribution in [3.05, 3.63) is 30.3 Å². The molecule has 1 aliphatic rings. The molecule has 0 N–H and O–H groups in total. The van der Waals surface area contributed by atoms with Gasteiger partial charge < -0.3 is 4.74 Å². The molecular formula is C25H41FO. The molecular weight excluding hydrogens is 335 g/mol. The Bertz CT molecular complexity index is 466. The van der Waals surface area contributed by atoms with Crippen molar-refractivity contribution < 1.29 is 9.13 Å². The summed E-state index contributed by atoms with van der Waals surface area (Å²) in [4.78, 5) is 0. The van der Waals surface area contributed by atoms with E-state index < -0.39 is 6.17 Å². The van der Waals surface area contributed by atoms with Crippen molar-refractivity contribution in [2.45, 2.75) is 97.1 Å². The molecule has 0 spiro atoms. The molecule has 0 aromatic heterocycles. The number of hydrogen-bond donors (Lipinski definition) is 0. The monoisotopic (exact) mass is 376 g/mol. The molecule has 1 nitrogen and oxygen atoms in total. The van der Waals surface area contributed by atoms with Crippen molar-refractivity contribution in [2.75, 3.05) is 6.61 Å². The van der Waals surface area contributed by atoms with E-state index in [9.17, 15) is 4.39 Å². The van der Waals surface area contributed by atoms with Crippen LogP contribution in [-0.2, 0) is 0 Å². The van der Waals surface area contributed by atoms with E-state index in [1.807, 2.05) is 30.3 Å². The Hall–Kier alpha value is -1.05. The quantitative estimate of drug-likeness (QED) is 0.317. The lowest BCUT2D eigenvalue weighted by atomic mass is 9.72. The summed E-state index contributed by atoms with van der Waals surface area (Å²) in [5.74, 6) is 2.95. The summed E-state index contributed by atoms with van der Waals surface area (Å²) in [6.07, 6.45) is 14.6. The van der Waals surface area contributed by atoms with Crippen LogP contribution in [0.25, 0.3) is 0 Å². The molecule has 1 aromatic rings. The van der Waals surface area contributed by atoms with Crippen molar-refractivity contribution in [3.63, 3.8) is 0 Å². The topological polar surface area (TPSA) is 9.23 Å². The molecule has 27 heavy (non-hydrogen) atoms. The number of hydrogen-bond acceptors (Lipinski definition) is 1. The molecule has 2 rings (SSSR count). The van der Waals surface area contributed by atoms with Gasteiger partial charge in [0.25, 0.3) is 0 Å². The van der Waals surface area contributed by atoms with Crippen molar-refractivity contribution in [2.24, 2.45) is 17.8 Å². The van der Waals surface area contributed by atoms with Crippen LogP contribution in [-0.4, -0.2) is 12.8 Å². The third-order valence-corrected chi connectivity index (χ3v) is 6.53. The first-order valence-corrected chi connectivity index (χ1v) is 11.5. The number of benzene rings is 1. The van der Waals surface area contributed by atoms with Crippen LogP contribution in [0.1, 0.15) is 90.9 Å². The third kappa shape index (κ3) is 8.66. The molecule has 2 unspecified atom stereocenters. The van der Waals surface area contributed by atoms with Crippen LogP contribution in [0.2, 0.25) is 0 Å². The lowest BCUT2D eigenvalue weighted by Gasteiger charge is -2.34. The van der Waals surface area contributed by atoms with E-state index in [0.29, 0.717) is 12.3 Å². The van der Waals surface area contributed by atoms with Gasteiger partial charge in [0.05, 0.1) is 0 Å². The van der Waals surface area contributed by atoms with Gasteiger partial charge in [-0.05, 0) is 49.1 Å². The number of alkyl halides is 1.